The van der Waals surface area contributed by atoms with Gasteiger partial charge in [-0.3, -0.25) is 10.2 Å². The summed E-state index contributed by atoms with van der Waals surface area (Å²) in [6, 6.07) is 15.2. The zero-order valence-electron chi connectivity index (χ0n) is 14.6. The number of nitrogen functional groups attached to an aromatic ring is 2. The Balaban J connectivity index is 0.00000112. The smallest absolute Gasteiger partial charge is 0.265 e. The van der Waals surface area contributed by atoms with E-state index < -0.39 is 0 Å². The summed E-state index contributed by atoms with van der Waals surface area (Å²) in [6.07, 6.45) is 1.60. The van der Waals surface area contributed by atoms with Crippen molar-refractivity contribution in [2.45, 2.75) is 40.5 Å². The van der Waals surface area contributed by atoms with E-state index in [-0.39, 0.29) is 5.91 Å². The average molecular weight is 315 g/mol. The van der Waals surface area contributed by atoms with Crippen molar-refractivity contribution >= 4 is 11.6 Å². The van der Waals surface area contributed by atoms with Crippen molar-refractivity contribution in [3.8, 4) is 0 Å². The number of anilines is 1. The molecule has 5 N–H and O–H groups in total. The SMILES string of the molecule is CC.CC.NNC(=O)c1ccccc1CCc1cccc(N)c1. The number of carbonyl (C=O) groups is 1. The molecule has 0 unspecified atom stereocenters. The van der Waals surface area contributed by atoms with Gasteiger partial charge in [0.2, 0.25) is 0 Å². The lowest BCUT2D eigenvalue weighted by atomic mass is 9.99. The fourth-order valence-corrected chi connectivity index (χ4v) is 2.07. The van der Waals surface area contributed by atoms with Gasteiger partial charge in [-0.15, -0.1) is 0 Å². The maximum atomic E-state index is 11.6. The quantitative estimate of drug-likeness (QED) is 0.348. The van der Waals surface area contributed by atoms with Crippen molar-refractivity contribution in [3.63, 3.8) is 0 Å². The number of benzene rings is 2. The lowest BCUT2D eigenvalue weighted by molar-refractivity contribution is 0.0952. The van der Waals surface area contributed by atoms with Crippen LogP contribution in [0.5, 0.6) is 0 Å². The van der Waals surface area contributed by atoms with Crippen LogP contribution in [-0.4, -0.2) is 5.91 Å². The third-order valence-corrected chi connectivity index (χ3v) is 3.03. The first-order chi connectivity index (χ1) is 11.2. The summed E-state index contributed by atoms with van der Waals surface area (Å²) in [7, 11) is 0. The largest absolute Gasteiger partial charge is 0.399 e. The van der Waals surface area contributed by atoms with Gasteiger partial charge in [0.25, 0.3) is 5.91 Å². The Bertz CT molecular complexity index is 582. The predicted molar refractivity (Wildman–Crippen MR) is 99.1 cm³/mol. The Hall–Kier alpha value is -2.33. The summed E-state index contributed by atoms with van der Waals surface area (Å²) in [6.45, 7) is 8.00. The highest BCUT2D eigenvalue weighted by Gasteiger charge is 2.09. The zero-order valence-corrected chi connectivity index (χ0v) is 14.6. The van der Waals surface area contributed by atoms with Crippen LogP contribution in [-0.2, 0) is 12.8 Å². The standard InChI is InChI=1S/C15H17N3O.2C2H6/c16-13-6-3-4-11(10-13)8-9-12-5-1-2-7-14(12)15(19)18-17;2*1-2/h1-7,10H,8-9,16-17H2,(H,18,19);2*1-2H3. The van der Waals surface area contributed by atoms with E-state index in [0.29, 0.717) is 5.56 Å². The first-order valence-corrected chi connectivity index (χ1v) is 8.14. The fraction of sp³-hybridized carbons (Fsp3) is 0.316. The summed E-state index contributed by atoms with van der Waals surface area (Å²) in [5.74, 6) is 4.92. The van der Waals surface area contributed by atoms with Crippen molar-refractivity contribution in [2.75, 3.05) is 5.73 Å². The molecule has 23 heavy (non-hydrogen) atoms. The van der Waals surface area contributed by atoms with E-state index in [1.165, 1.54) is 0 Å². The van der Waals surface area contributed by atoms with E-state index in [0.717, 1.165) is 29.7 Å². The molecule has 0 saturated heterocycles. The highest BCUT2D eigenvalue weighted by atomic mass is 16.2. The minimum atomic E-state index is -0.261. The van der Waals surface area contributed by atoms with Crippen LogP contribution in [0.2, 0.25) is 0 Å². The van der Waals surface area contributed by atoms with Crippen LogP contribution in [0.4, 0.5) is 5.69 Å². The molecule has 2 aromatic carbocycles. The van der Waals surface area contributed by atoms with Crippen molar-refractivity contribution < 1.29 is 4.79 Å². The monoisotopic (exact) mass is 315 g/mol. The zero-order chi connectivity index (χ0) is 17.7. The molecular weight excluding hydrogens is 286 g/mol. The van der Waals surface area contributed by atoms with Gasteiger partial charge in [0.15, 0.2) is 0 Å². The van der Waals surface area contributed by atoms with Gasteiger partial charge in [-0.2, -0.15) is 0 Å². The van der Waals surface area contributed by atoms with Crippen LogP contribution in [0, 0.1) is 0 Å². The molecule has 0 radical (unpaired) electrons. The van der Waals surface area contributed by atoms with E-state index in [1.807, 2.05) is 70.2 Å². The number of rotatable bonds is 4. The Kier molecular flexibility index (Phi) is 11.0. The van der Waals surface area contributed by atoms with Gasteiger partial charge in [-0.25, -0.2) is 5.84 Å². The molecule has 0 aliphatic rings. The molecule has 2 aromatic rings. The number of aryl methyl sites for hydroxylation is 2. The number of carbonyl (C=O) groups excluding carboxylic acids is 1. The van der Waals surface area contributed by atoms with Crippen molar-refractivity contribution in [3.05, 3.63) is 65.2 Å². The predicted octanol–water partition coefficient (Wildman–Crippen LogP) is 3.71. The molecule has 0 fully saturated rings. The average Bonchev–Trinajstić information content (AvgIpc) is 2.63. The molecule has 4 nitrogen and oxygen atoms in total. The highest BCUT2D eigenvalue weighted by molar-refractivity contribution is 5.95. The van der Waals surface area contributed by atoms with Crippen LogP contribution in [0.1, 0.15) is 49.2 Å². The molecule has 0 aromatic heterocycles. The number of hydrogen-bond acceptors (Lipinski definition) is 3. The van der Waals surface area contributed by atoms with Gasteiger partial charge in [-0.1, -0.05) is 58.0 Å². The third kappa shape index (κ3) is 6.98. The topological polar surface area (TPSA) is 81.1 Å². The van der Waals surface area contributed by atoms with Gasteiger partial charge in [-0.05, 0) is 42.2 Å². The van der Waals surface area contributed by atoms with E-state index in [1.54, 1.807) is 6.07 Å². The molecule has 0 spiro atoms. The Morgan fingerprint density at radius 3 is 2.22 bits per heavy atom. The summed E-state index contributed by atoms with van der Waals surface area (Å²) in [5.41, 5.74) is 11.4. The van der Waals surface area contributed by atoms with Gasteiger partial charge in [0.05, 0.1) is 0 Å². The number of hydrogen-bond donors (Lipinski definition) is 3. The lowest BCUT2D eigenvalue weighted by Gasteiger charge is -2.08. The molecule has 0 aliphatic heterocycles. The first kappa shape index (κ1) is 20.7. The molecule has 0 atom stereocenters. The minimum Gasteiger partial charge on any atom is -0.399 e. The van der Waals surface area contributed by atoms with E-state index in [2.05, 4.69) is 5.43 Å². The van der Waals surface area contributed by atoms with Crippen molar-refractivity contribution in [2.24, 2.45) is 5.84 Å². The molecule has 4 heteroatoms. The number of nitrogens with one attached hydrogen (secondary N) is 1. The number of nitrogens with two attached hydrogens (primary N) is 2. The van der Waals surface area contributed by atoms with E-state index >= 15 is 0 Å². The second kappa shape index (κ2) is 12.2. The molecule has 0 saturated carbocycles. The minimum absolute atomic E-state index is 0.261. The Morgan fingerprint density at radius 2 is 1.61 bits per heavy atom. The summed E-state index contributed by atoms with van der Waals surface area (Å²) in [4.78, 5) is 11.6. The van der Waals surface area contributed by atoms with E-state index in [9.17, 15) is 4.79 Å². The molecule has 0 bridgehead atoms. The van der Waals surface area contributed by atoms with Crippen LogP contribution in [0.15, 0.2) is 48.5 Å². The third-order valence-electron chi connectivity index (χ3n) is 3.03. The van der Waals surface area contributed by atoms with Gasteiger partial charge in [0.1, 0.15) is 0 Å². The van der Waals surface area contributed by atoms with Gasteiger partial charge >= 0.3 is 0 Å². The van der Waals surface area contributed by atoms with Crippen LogP contribution < -0.4 is 17.0 Å². The molecule has 0 aliphatic carbocycles. The first-order valence-electron chi connectivity index (χ1n) is 8.14. The fourth-order valence-electron chi connectivity index (χ4n) is 2.07. The number of hydrazine groups is 1. The molecule has 2 rings (SSSR count). The summed E-state index contributed by atoms with van der Waals surface area (Å²) in [5, 5.41) is 0. The van der Waals surface area contributed by atoms with E-state index in [4.69, 9.17) is 11.6 Å². The van der Waals surface area contributed by atoms with Gasteiger partial charge in [0, 0.05) is 11.3 Å². The molecular formula is C19H29N3O. The lowest BCUT2D eigenvalue weighted by Crippen LogP contribution is -2.30. The Morgan fingerprint density at radius 1 is 0.957 bits per heavy atom. The molecule has 126 valence electrons. The van der Waals surface area contributed by atoms with Gasteiger partial charge < -0.3 is 5.73 Å². The summed E-state index contributed by atoms with van der Waals surface area (Å²) < 4.78 is 0. The second-order valence-corrected chi connectivity index (χ2v) is 4.38. The molecule has 1 amide bonds. The maximum Gasteiger partial charge on any atom is 0.265 e. The Labute approximate surface area is 139 Å². The highest BCUT2D eigenvalue weighted by Crippen LogP contribution is 2.14. The van der Waals surface area contributed by atoms with Crippen molar-refractivity contribution in [1.82, 2.24) is 5.43 Å². The van der Waals surface area contributed by atoms with Crippen LogP contribution >= 0.6 is 0 Å². The number of amides is 1. The maximum absolute atomic E-state index is 11.6. The van der Waals surface area contributed by atoms with Crippen LogP contribution in [0.3, 0.4) is 0 Å². The summed E-state index contributed by atoms with van der Waals surface area (Å²) >= 11 is 0. The normalized spacial score (nSPS) is 8.91. The molecule has 0 heterocycles. The van der Waals surface area contributed by atoms with Crippen molar-refractivity contribution in [1.29, 1.82) is 0 Å². The second-order valence-electron chi connectivity index (χ2n) is 4.38. The van der Waals surface area contributed by atoms with Crippen LogP contribution in [0.25, 0.3) is 0 Å².